The van der Waals surface area contributed by atoms with Gasteiger partial charge in [-0.2, -0.15) is 5.10 Å². The highest BCUT2D eigenvalue weighted by Crippen LogP contribution is 2.31. The molecule has 3 rings (SSSR count). The van der Waals surface area contributed by atoms with Crippen molar-refractivity contribution in [3.8, 4) is 0 Å². The normalized spacial score (nSPS) is 11.0. The fourth-order valence-corrected chi connectivity index (χ4v) is 3.51. The average molecular weight is 407 g/mol. The third kappa shape index (κ3) is 3.06. The molecule has 6 heteroatoms. The topological polar surface area (TPSA) is 46.9 Å². The Hall–Kier alpha value is -1.85. The number of nitrogens with one attached hydrogen (secondary N) is 1. The highest BCUT2D eigenvalue weighted by atomic mass is 79.9. The Balaban J connectivity index is 1.94. The lowest BCUT2D eigenvalue weighted by Gasteiger charge is -2.07. The molecule has 0 aliphatic carbocycles. The van der Waals surface area contributed by atoms with Gasteiger partial charge < -0.3 is 5.32 Å². The number of hydrogen-bond acceptors (Lipinski definition) is 2. The van der Waals surface area contributed by atoms with Gasteiger partial charge in [0.2, 0.25) is 0 Å². The third-order valence-corrected chi connectivity index (χ3v) is 5.15. The summed E-state index contributed by atoms with van der Waals surface area (Å²) in [5.41, 5.74) is 4.51. The maximum atomic E-state index is 12.7. The predicted molar refractivity (Wildman–Crippen MR) is 101 cm³/mol. The van der Waals surface area contributed by atoms with Crippen molar-refractivity contribution in [2.45, 2.75) is 20.4 Å². The first-order chi connectivity index (χ1) is 11.4. The van der Waals surface area contributed by atoms with Gasteiger partial charge in [-0.15, -0.1) is 0 Å². The minimum atomic E-state index is -0.184. The van der Waals surface area contributed by atoms with Crippen molar-refractivity contribution >= 4 is 44.3 Å². The molecule has 3 aromatic rings. The zero-order valence-electron chi connectivity index (χ0n) is 13.7. The number of carbonyl (C=O) groups excluding carboxylic acids is 1. The lowest BCUT2D eigenvalue weighted by molar-refractivity contribution is 0.0946. The molecule has 2 aromatic carbocycles. The number of hydrogen-bond donors (Lipinski definition) is 1. The van der Waals surface area contributed by atoms with Crippen LogP contribution in [0, 0.1) is 13.8 Å². The van der Waals surface area contributed by atoms with Crippen molar-refractivity contribution in [2.75, 3.05) is 0 Å². The summed E-state index contributed by atoms with van der Waals surface area (Å²) < 4.78 is 2.74. The highest BCUT2D eigenvalue weighted by molar-refractivity contribution is 9.10. The minimum absolute atomic E-state index is 0.184. The summed E-state index contributed by atoms with van der Waals surface area (Å²) in [6, 6.07) is 9.46. The molecule has 0 saturated heterocycles. The molecule has 0 aliphatic heterocycles. The van der Waals surface area contributed by atoms with Gasteiger partial charge >= 0.3 is 0 Å². The largest absolute Gasteiger partial charge is 0.347 e. The number of benzene rings is 2. The smallest absolute Gasteiger partial charge is 0.272 e. The van der Waals surface area contributed by atoms with E-state index in [9.17, 15) is 4.79 Å². The lowest BCUT2D eigenvalue weighted by Crippen LogP contribution is -2.23. The quantitative estimate of drug-likeness (QED) is 0.694. The molecule has 0 bridgehead atoms. The maximum Gasteiger partial charge on any atom is 0.272 e. The average Bonchev–Trinajstić information content (AvgIpc) is 2.90. The summed E-state index contributed by atoms with van der Waals surface area (Å²) >= 11 is 9.44. The molecule has 0 saturated carbocycles. The van der Waals surface area contributed by atoms with Crippen LogP contribution < -0.4 is 5.32 Å². The Morgan fingerprint density at radius 3 is 2.62 bits per heavy atom. The predicted octanol–water partition coefficient (Wildman–Crippen LogP) is 4.54. The number of fused-ring (bicyclic) bond motifs is 1. The van der Waals surface area contributed by atoms with Gasteiger partial charge in [0.15, 0.2) is 5.69 Å². The number of amides is 1. The van der Waals surface area contributed by atoms with Crippen LogP contribution in [0.25, 0.3) is 10.9 Å². The highest BCUT2D eigenvalue weighted by Gasteiger charge is 2.20. The van der Waals surface area contributed by atoms with Gasteiger partial charge in [0.05, 0.1) is 5.52 Å². The van der Waals surface area contributed by atoms with Gasteiger partial charge in [-0.1, -0.05) is 39.7 Å². The Bertz CT molecular complexity index is 932. The summed E-state index contributed by atoms with van der Waals surface area (Å²) in [4.78, 5) is 12.7. The van der Waals surface area contributed by atoms with Gasteiger partial charge in [-0.25, -0.2) is 0 Å². The molecular formula is C18H17BrClN3O. The fraction of sp³-hybridized carbons (Fsp3) is 0.222. The Labute approximate surface area is 153 Å². The zero-order valence-corrected chi connectivity index (χ0v) is 16.0. The lowest BCUT2D eigenvalue weighted by atomic mass is 10.0. The second kappa shape index (κ2) is 6.57. The van der Waals surface area contributed by atoms with Crippen LogP contribution in [-0.2, 0) is 13.6 Å². The number of halogens is 2. The number of rotatable bonds is 3. The van der Waals surface area contributed by atoms with Gasteiger partial charge in [-0.05, 0) is 48.7 Å². The molecule has 0 unspecified atom stereocenters. The van der Waals surface area contributed by atoms with Crippen LogP contribution in [-0.4, -0.2) is 15.7 Å². The third-order valence-electron chi connectivity index (χ3n) is 4.08. The molecular weight excluding hydrogens is 390 g/mol. The van der Waals surface area contributed by atoms with Crippen molar-refractivity contribution in [1.82, 2.24) is 15.1 Å². The van der Waals surface area contributed by atoms with E-state index >= 15 is 0 Å². The second-order valence-corrected chi connectivity index (χ2v) is 7.10. The summed E-state index contributed by atoms with van der Waals surface area (Å²) in [5, 5.41) is 8.94. The van der Waals surface area contributed by atoms with Gasteiger partial charge in [0, 0.05) is 28.5 Å². The van der Waals surface area contributed by atoms with Crippen LogP contribution in [0.2, 0.25) is 5.02 Å². The molecule has 0 atom stereocenters. The zero-order chi connectivity index (χ0) is 17.4. The first-order valence-corrected chi connectivity index (χ1v) is 8.70. The van der Waals surface area contributed by atoms with E-state index in [1.54, 1.807) is 4.68 Å². The number of nitrogens with zero attached hydrogens (tertiary/aromatic N) is 2. The van der Waals surface area contributed by atoms with Crippen molar-refractivity contribution in [1.29, 1.82) is 0 Å². The summed E-state index contributed by atoms with van der Waals surface area (Å²) in [6.07, 6.45) is 0. The fourth-order valence-electron chi connectivity index (χ4n) is 2.84. The van der Waals surface area contributed by atoms with Crippen molar-refractivity contribution < 1.29 is 4.79 Å². The van der Waals surface area contributed by atoms with Crippen molar-refractivity contribution in [3.63, 3.8) is 0 Å². The van der Waals surface area contributed by atoms with Crippen LogP contribution in [0.3, 0.4) is 0 Å². The SMILES string of the molecule is Cc1c(Br)cc(C)c2c1c(C(=O)NCc1ccc(Cl)cc1)nn2C. The van der Waals surface area contributed by atoms with E-state index in [0.29, 0.717) is 17.3 Å². The summed E-state index contributed by atoms with van der Waals surface area (Å²) in [7, 11) is 1.86. The van der Waals surface area contributed by atoms with Crippen LogP contribution in [0.15, 0.2) is 34.8 Å². The van der Waals surface area contributed by atoms with Crippen LogP contribution in [0.1, 0.15) is 27.2 Å². The van der Waals surface area contributed by atoms with Crippen LogP contribution in [0.5, 0.6) is 0 Å². The van der Waals surface area contributed by atoms with Gasteiger partial charge in [0.25, 0.3) is 5.91 Å². The minimum Gasteiger partial charge on any atom is -0.347 e. The van der Waals surface area contributed by atoms with E-state index in [4.69, 9.17) is 11.6 Å². The van der Waals surface area contributed by atoms with E-state index in [1.807, 2.05) is 45.2 Å². The van der Waals surface area contributed by atoms with E-state index in [1.165, 1.54) is 0 Å². The molecule has 124 valence electrons. The molecule has 4 nitrogen and oxygen atoms in total. The first-order valence-electron chi connectivity index (χ1n) is 7.53. The molecule has 0 spiro atoms. The molecule has 24 heavy (non-hydrogen) atoms. The van der Waals surface area contributed by atoms with Crippen LogP contribution >= 0.6 is 27.5 Å². The molecule has 1 amide bonds. The Morgan fingerprint density at radius 1 is 1.29 bits per heavy atom. The van der Waals surface area contributed by atoms with E-state index in [2.05, 4.69) is 32.4 Å². The molecule has 0 aliphatic rings. The Kier molecular flexibility index (Phi) is 4.65. The summed E-state index contributed by atoms with van der Waals surface area (Å²) in [5.74, 6) is -0.184. The van der Waals surface area contributed by atoms with Crippen molar-refractivity contribution in [2.24, 2.45) is 7.05 Å². The van der Waals surface area contributed by atoms with E-state index < -0.39 is 0 Å². The van der Waals surface area contributed by atoms with Gasteiger partial charge in [-0.3, -0.25) is 9.48 Å². The Morgan fingerprint density at radius 2 is 1.96 bits per heavy atom. The monoisotopic (exact) mass is 405 g/mol. The molecule has 0 fully saturated rings. The van der Waals surface area contributed by atoms with Gasteiger partial charge in [0.1, 0.15) is 0 Å². The maximum absolute atomic E-state index is 12.7. The second-order valence-electron chi connectivity index (χ2n) is 5.81. The molecule has 0 radical (unpaired) electrons. The molecule has 1 heterocycles. The van der Waals surface area contributed by atoms with E-state index in [0.717, 1.165) is 32.1 Å². The molecule has 1 aromatic heterocycles. The number of carbonyl (C=O) groups is 1. The number of aryl methyl sites for hydroxylation is 3. The van der Waals surface area contributed by atoms with Crippen molar-refractivity contribution in [3.05, 3.63) is 62.2 Å². The first kappa shape index (κ1) is 17.0. The number of aromatic nitrogens is 2. The van der Waals surface area contributed by atoms with Crippen LogP contribution in [0.4, 0.5) is 0 Å². The standard InChI is InChI=1S/C18H17BrClN3O/c1-10-8-14(19)11(2)15-16(22-23(3)17(10)15)18(24)21-9-12-4-6-13(20)7-5-12/h4-8H,9H2,1-3H3,(H,21,24). The summed E-state index contributed by atoms with van der Waals surface area (Å²) in [6.45, 7) is 4.44. The molecule has 1 N–H and O–H groups in total. The van der Waals surface area contributed by atoms with E-state index in [-0.39, 0.29) is 5.91 Å².